The number of alkyl halides is 3. The molecule has 0 bridgehead atoms. The molecule has 0 atom stereocenters. The lowest BCUT2D eigenvalue weighted by atomic mass is 9.72. The monoisotopic (exact) mass is 556 g/mol. The van der Waals surface area contributed by atoms with Gasteiger partial charge in [0.25, 0.3) is 0 Å². The van der Waals surface area contributed by atoms with Gasteiger partial charge >= 0.3 is 6.18 Å². The fourth-order valence-electron chi connectivity index (χ4n) is 6.48. The Kier molecular flexibility index (Phi) is 7.59. The molecular formula is C31H36ClF3N4. The Labute approximate surface area is 234 Å². The molecule has 4 nitrogen and oxygen atoms in total. The number of aryl methyl sites for hydroxylation is 1. The quantitative estimate of drug-likeness (QED) is 0.373. The van der Waals surface area contributed by atoms with E-state index in [1.54, 1.807) is 12.3 Å². The van der Waals surface area contributed by atoms with Crippen molar-refractivity contribution in [3.63, 3.8) is 0 Å². The normalized spacial score (nSPS) is 18.8. The van der Waals surface area contributed by atoms with Gasteiger partial charge in [-0.05, 0) is 99.6 Å². The number of aromatic nitrogens is 1. The van der Waals surface area contributed by atoms with Gasteiger partial charge in [0.15, 0.2) is 0 Å². The van der Waals surface area contributed by atoms with Crippen LogP contribution in [-0.4, -0.2) is 41.7 Å². The number of allylic oxidation sites excluding steroid dienone is 3. The van der Waals surface area contributed by atoms with Crippen molar-refractivity contribution in [3.05, 3.63) is 82.8 Å². The maximum atomic E-state index is 14.0. The van der Waals surface area contributed by atoms with E-state index in [0.29, 0.717) is 17.9 Å². The predicted octanol–water partition coefficient (Wildman–Crippen LogP) is 8.11. The summed E-state index contributed by atoms with van der Waals surface area (Å²) in [5.41, 5.74) is 3.94. The number of anilines is 2. The SMILES string of the molecule is C=C1C=C(C(F)(F)F)c2cc(CCCN3CCC4(CC3)C(=C)Nc3ccc(Cl)cc34)cnc2N1C(CC)CC. The second-order valence-corrected chi connectivity index (χ2v) is 11.4. The van der Waals surface area contributed by atoms with Crippen molar-refractivity contribution in [1.82, 2.24) is 9.88 Å². The number of rotatable bonds is 7. The molecule has 4 heterocycles. The Morgan fingerprint density at radius 1 is 1.13 bits per heavy atom. The van der Waals surface area contributed by atoms with Gasteiger partial charge in [-0.2, -0.15) is 13.2 Å². The van der Waals surface area contributed by atoms with Crippen LogP contribution in [0.15, 0.2) is 61.1 Å². The minimum Gasteiger partial charge on any atom is -0.358 e. The first-order valence-electron chi connectivity index (χ1n) is 13.8. The molecule has 0 radical (unpaired) electrons. The van der Waals surface area contributed by atoms with E-state index in [9.17, 15) is 13.2 Å². The number of fused-ring (bicyclic) bond motifs is 3. The van der Waals surface area contributed by atoms with Crippen LogP contribution in [0.2, 0.25) is 5.02 Å². The van der Waals surface area contributed by atoms with E-state index in [2.05, 4.69) is 34.4 Å². The highest BCUT2D eigenvalue weighted by Gasteiger charge is 2.44. The van der Waals surface area contributed by atoms with Crippen LogP contribution in [0.25, 0.3) is 5.57 Å². The second-order valence-electron chi connectivity index (χ2n) is 10.9. The molecule has 1 saturated heterocycles. The highest BCUT2D eigenvalue weighted by atomic mass is 35.5. The van der Waals surface area contributed by atoms with Crippen molar-refractivity contribution in [1.29, 1.82) is 0 Å². The predicted molar refractivity (Wildman–Crippen MR) is 154 cm³/mol. The molecule has 1 fully saturated rings. The van der Waals surface area contributed by atoms with Crippen molar-refractivity contribution < 1.29 is 13.2 Å². The third kappa shape index (κ3) is 5.11. The zero-order valence-corrected chi connectivity index (χ0v) is 23.4. The van der Waals surface area contributed by atoms with Crippen LogP contribution in [0.1, 0.15) is 62.6 Å². The molecule has 1 aromatic carbocycles. The highest BCUT2D eigenvalue weighted by molar-refractivity contribution is 6.30. The Balaban J connectivity index is 1.26. The molecule has 1 spiro atoms. The topological polar surface area (TPSA) is 31.4 Å². The third-order valence-electron chi connectivity index (χ3n) is 8.68. The number of piperidine rings is 1. The number of benzene rings is 1. The fraction of sp³-hybridized carbons (Fsp3) is 0.452. The van der Waals surface area contributed by atoms with Gasteiger partial charge in [0.1, 0.15) is 5.82 Å². The van der Waals surface area contributed by atoms with Crippen LogP contribution in [0.3, 0.4) is 0 Å². The van der Waals surface area contributed by atoms with Gasteiger partial charge in [-0.25, -0.2) is 4.98 Å². The standard InChI is InChI=1S/C31H36ClF3N4/c1-5-24(6-2)39-20(3)16-26(31(33,34)35)25-17-22(19-36-29(25)39)8-7-13-38-14-11-30(12-15-38)21(4)37-28-10-9-23(32)18-27(28)30/h9-10,16-19,24,37H,3-8,11-15H2,1-2H3. The molecule has 0 aliphatic carbocycles. The molecule has 2 aromatic rings. The lowest BCUT2D eigenvalue weighted by molar-refractivity contribution is -0.0690. The van der Waals surface area contributed by atoms with E-state index in [1.807, 2.05) is 30.9 Å². The summed E-state index contributed by atoms with van der Waals surface area (Å²) in [6.07, 6.45) is 3.48. The summed E-state index contributed by atoms with van der Waals surface area (Å²) in [7, 11) is 0. The maximum absolute atomic E-state index is 14.0. The van der Waals surface area contributed by atoms with E-state index < -0.39 is 11.7 Å². The molecule has 0 unspecified atom stereocenters. The maximum Gasteiger partial charge on any atom is 0.417 e. The molecule has 5 rings (SSSR count). The van der Waals surface area contributed by atoms with E-state index in [-0.39, 0.29) is 17.0 Å². The van der Waals surface area contributed by atoms with Crippen molar-refractivity contribution >= 4 is 28.7 Å². The van der Waals surface area contributed by atoms with Gasteiger partial charge < -0.3 is 15.1 Å². The first kappa shape index (κ1) is 27.8. The Morgan fingerprint density at radius 3 is 2.51 bits per heavy atom. The Hall–Kier alpha value is -2.77. The summed E-state index contributed by atoms with van der Waals surface area (Å²) >= 11 is 6.31. The van der Waals surface area contributed by atoms with Crippen LogP contribution in [0.4, 0.5) is 24.7 Å². The van der Waals surface area contributed by atoms with E-state index in [1.165, 1.54) is 11.6 Å². The van der Waals surface area contributed by atoms with Gasteiger partial charge in [-0.3, -0.25) is 0 Å². The molecule has 8 heteroatoms. The zero-order chi connectivity index (χ0) is 27.9. The molecule has 0 saturated carbocycles. The second kappa shape index (κ2) is 10.7. The fourth-order valence-corrected chi connectivity index (χ4v) is 6.65. The first-order valence-corrected chi connectivity index (χ1v) is 14.2. The largest absolute Gasteiger partial charge is 0.417 e. The summed E-state index contributed by atoms with van der Waals surface area (Å²) in [5, 5.41) is 4.19. The number of hydrogen-bond acceptors (Lipinski definition) is 4. The Morgan fingerprint density at radius 2 is 1.85 bits per heavy atom. The number of pyridine rings is 1. The molecule has 208 valence electrons. The average Bonchev–Trinajstić information content (AvgIpc) is 3.16. The lowest BCUT2D eigenvalue weighted by Gasteiger charge is -2.40. The lowest BCUT2D eigenvalue weighted by Crippen LogP contribution is -2.43. The summed E-state index contributed by atoms with van der Waals surface area (Å²) < 4.78 is 42.0. The van der Waals surface area contributed by atoms with Crippen molar-refractivity contribution in [2.75, 3.05) is 29.9 Å². The molecule has 1 aromatic heterocycles. The highest BCUT2D eigenvalue weighted by Crippen LogP contribution is 2.50. The minimum atomic E-state index is -4.47. The minimum absolute atomic E-state index is 0.0529. The summed E-state index contributed by atoms with van der Waals surface area (Å²) in [4.78, 5) is 8.87. The van der Waals surface area contributed by atoms with Gasteiger partial charge in [0.2, 0.25) is 0 Å². The third-order valence-corrected chi connectivity index (χ3v) is 8.92. The molecule has 3 aliphatic heterocycles. The van der Waals surface area contributed by atoms with Crippen LogP contribution < -0.4 is 10.2 Å². The van der Waals surface area contributed by atoms with Gasteiger partial charge in [-0.15, -0.1) is 0 Å². The zero-order valence-electron chi connectivity index (χ0n) is 22.7. The smallest absolute Gasteiger partial charge is 0.358 e. The first-order chi connectivity index (χ1) is 18.6. The summed E-state index contributed by atoms with van der Waals surface area (Å²) in [6, 6.07) is 7.72. The van der Waals surface area contributed by atoms with Gasteiger partial charge in [0.05, 0.1) is 5.57 Å². The Bertz CT molecular complexity index is 1300. The molecule has 3 aliphatic rings. The number of nitrogens with zero attached hydrogens (tertiary/aromatic N) is 3. The van der Waals surface area contributed by atoms with Crippen LogP contribution in [0.5, 0.6) is 0 Å². The van der Waals surface area contributed by atoms with Crippen LogP contribution >= 0.6 is 11.6 Å². The van der Waals surface area contributed by atoms with Crippen molar-refractivity contribution in [2.24, 2.45) is 0 Å². The average molecular weight is 557 g/mol. The number of hydrogen-bond donors (Lipinski definition) is 1. The van der Waals surface area contributed by atoms with Crippen LogP contribution in [-0.2, 0) is 11.8 Å². The van der Waals surface area contributed by atoms with E-state index in [0.717, 1.165) is 73.7 Å². The van der Waals surface area contributed by atoms with E-state index >= 15 is 0 Å². The molecule has 0 amide bonds. The summed E-state index contributed by atoms with van der Waals surface area (Å²) in [5.74, 6) is 0.361. The van der Waals surface area contributed by atoms with Gasteiger partial charge in [-0.1, -0.05) is 38.6 Å². The van der Waals surface area contributed by atoms with Crippen molar-refractivity contribution in [3.8, 4) is 0 Å². The number of halogens is 4. The van der Waals surface area contributed by atoms with Crippen molar-refractivity contribution in [2.45, 2.75) is 70.0 Å². The molecule has 1 N–H and O–H groups in total. The number of likely N-dealkylation sites (tertiary alicyclic amines) is 1. The van der Waals surface area contributed by atoms with Crippen LogP contribution in [0, 0.1) is 0 Å². The summed E-state index contributed by atoms with van der Waals surface area (Å²) in [6.45, 7) is 15.1. The van der Waals surface area contributed by atoms with Gasteiger partial charge in [0, 0.05) is 45.3 Å². The molecule has 39 heavy (non-hydrogen) atoms. The molecular weight excluding hydrogens is 521 g/mol. The van der Waals surface area contributed by atoms with E-state index in [4.69, 9.17) is 11.6 Å². The number of nitrogens with one attached hydrogen (secondary N) is 1.